The highest BCUT2D eigenvalue weighted by Gasteiger charge is 2.18. The Hall–Kier alpha value is -2.18. The maximum absolute atomic E-state index is 12.6. The van der Waals surface area contributed by atoms with Gasteiger partial charge in [-0.15, -0.1) is 0 Å². The van der Waals surface area contributed by atoms with Crippen LogP contribution in [0.1, 0.15) is 444 Å². The minimum atomic E-state index is -0.847. The fraction of sp³-hybridized carbons (Fsp3) is 0.880. The van der Waals surface area contributed by atoms with Gasteiger partial charge in [0.05, 0.1) is 25.4 Å². The second kappa shape index (κ2) is 78.3. The van der Waals surface area contributed by atoms with E-state index in [9.17, 15) is 19.8 Å². The molecule has 0 aliphatic carbocycles. The summed E-state index contributed by atoms with van der Waals surface area (Å²) in [5.74, 6) is -0.0566. The molecule has 0 saturated heterocycles. The lowest BCUT2D eigenvalue weighted by atomic mass is 10.0. The number of amides is 1. The van der Waals surface area contributed by atoms with E-state index in [0.29, 0.717) is 19.4 Å². The van der Waals surface area contributed by atoms with Gasteiger partial charge in [0, 0.05) is 12.8 Å². The normalized spacial score (nSPS) is 12.7. The number of aliphatic hydroxyl groups is 2. The zero-order valence-corrected chi connectivity index (χ0v) is 60.2. The quantitative estimate of drug-likeness (QED) is 0.0320. The summed E-state index contributed by atoms with van der Waals surface area (Å²) >= 11 is 0. The number of allylic oxidation sites excluding steroid dienone is 7. The van der Waals surface area contributed by atoms with Crippen molar-refractivity contribution in [2.45, 2.75) is 456 Å². The van der Waals surface area contributed by atoms with Crippen molar-refractivity contribution in [2.75, 3.05) is 13.2 Å². The number of ether oxygens (including phenoxy) is 1. The molecule has 0 aromatic heterocycles. The number of hydrogen-bond acceptors (Lipinski definition) is 5. The second-order valence-electron chi connectivity index (χ2n) is 27.7. The minimum absolute atomic E-state index is 0.00609. The van der Waals surface area contributed by atoms with Crippen molar-refractivity contribution in [3.63, 3.8) is 0 Å². The van der Waals surface area contributed by atoms with Crippen molar-refractivity contribution in [3.8, 4) is 0 Å². The standard InChI is InChI=1S/C83H157NO5/c1-3-5-7-9-11-13-15-17-19-21-22-23-24-32-35-38-41-44-47-51-55-59-63-67-71-75-81(86)80(79-85)84-82(87)76-72-68-64-60-56-52-48-45-42-39-36-33-30-28-26-25-27-29-31-34-37-40-43-46-50-54-58-62-66-70-74-78-89-83(88)77-73-69-65-61-57-53-49-20-18-16-14-12-10-8-6-4-2/h20,27,29,34,37,49,71,75,80-81,85-86H,3-19,21-26,28,30-33,35-36,38-48,50-70,72-74,76-79H2,1-2H3,(H,84,87)/b29-27-,37-34-,49-20-,75-71+. The average molecular weight is 1250 g/mol. The molecule has 0 rings (SSSR count). The van der Waals surface area contributed by atoms with Crippen LogP contribution in [0.2, 0.25) is 0 Å². The van der Waals surface area contributed by atoms with Crippen LogP contribution in [0.5, 0.6) is 0 Å². The molecule has 0 spiro atoms. The predicted molar refractivity (Wildman–Crippen MR) is 393 cm³/mol. The van der Waals surface area contributed by atoms with Crippen molar-refractivity contribution in [2.24, 2.45) is 0 Å². The van der Waals surface area contributed by atoms with E-state index in [1.165, 1.54) is 366 Å². The molecule has 0 saturated carbocycles. The van der Waals surface area contributed by atoms with Crippen molar-refractivity contribution < 1.29 is 24.5 Å². The number of esters is 1. The summed E-state index contributed by atoms with van der Waals surface area (Å²) in [6.07, 6.45) is 104. The molecule has 0 aromatic rings. The van der Waals surface area contributed by atoms with E-state index in [2.05, 4.69) is 55.6 Å². The predicted octanol–water partition coefficient (Wildman–Crippen LogP) is 26.8. The SMILES string of the molecule is CCCCCCCCC/C=C\CCCCCCCC(=O)OCCCCCCCCCCC/C=C\C/C=C\CCCCCCCCCCCCCCCCCC(=O)NC(CO)C(O)/C=C/CCCCCCCCCCCCCCCCCCCCCCCCC. The van der Waals surface area contributed by atoms with Crippen molar-refractivity contribution in [1.29, 1.82) is 0 Å². The molecule has 0 fully saturated rings. The lowest BCUT2D eigenvalue weighted by molar-refractivity contribution is -0.143. The molecule has 1 amide bonds. The van der Waals surface area contributed by atoms with E-state index >= 15 is 0 Å². The lowest BCUT2D eigenvalue weighted by Crippen LogP contribution is -2.45. The first-order valence-electron chi connectivity index (χ1n) is 40.4. The zero-order chi connectivity index (χ0) is 64.2. The highest BCUT2D eigenvalue weighted by atomic mass is 16.5. The molecular weight excluding hydrogens is 1090 g/mol. The summed E-state index contributed by atoms with van der Waals surface area (Å²) in [6, 6.07) is -0.630. The number of carbonyl (C=O) groups excluding carboxylic acids is 2. The smallest absolute Gasteiger partial charge is 0.305 e. The summed E-state index contributed by atoms with van der Waals surface area (Å²) in [5, 5.41) is 23.3. The van der Waals surface area contributed by atoms with Gasteiger partial charge in [0.2, 0.25) is 5.91 Å². The summed E-state index contributed by atoms with van der Waals surface area (Å²) in [6.45, 7) is 4.94. The van der Waals surface area contributed by atoms with Gasteiger partial charge in [-0.05, 0) is 89.9 Å². The molecule has 6 nitrogen and oxygen atoms in total. The molecule has 0 bridgehead atoms. The van der Waals surface area contributed by atoms with Crippen molar-refractivity contribution >= 4 is 11.9 Å². The number of rotatable bonds is 76. The van der Waals surface area contributed by atoms with Crippen molar-refractivity contribution in [3.05, 3.63) is 48.6 Å². The molecule has 524 valence electrons. The second-order valence-corrected chi connectivity index (χ2v) is 27.7. The number of unbranched alkanes of at least 4 members (excludes halogenated alkanes) is 59. The maximum Gasteiger partial charge on any atom is 0.305 e. The highest BCUT2D eigenvalue weighted by Crippen LogP contribution is 2.19. The number of nitrogens with one attached hydrogen (secondary N) is 1. The molecule has 0 aromatic carbocycles. The summed E-state index contributed by atoms with van der Waals surface area (Å²) in [7, 11) is 0. The van der Waals surface area contributed by atoms with Crippen LogP contribution >= 0.6 is 0 Å². The average Bonchev–Trinajstić information content (AvgIpc) is 3.64. The molecule has 0 aliphatic rings. The van der Waals surface area contributed by atoms with E-state index in [1.807, 2.05) is 6.08 Å². The largest absolute Gasteiger partial charge is 0.466 e. The zero-order valence-electron chi connectivity index (χ0n) is 60.2. The first-order chi connectivity index (χ1) is 44.0. The van der Waals surface area contributed by atoms with Gasteiger partial charge < -0.3 is 20.3 Å². The van der Waals surface area contributed by atoms with Gasteiger partial charge in [0.15, 0.2) is 0 Å². The van der Waals surface area contributed by atoms with E-state index in [4.69, 9.17) is 4.74 Å². The first kappa shape index (κ1) is 86.8. The summed E-state index contributed by atoms with van der Waals surface area (Å²) in [4.78, 5) is 24.7. The molecule has 0 radical (unpaired) electrons. The Kier molecular flexibility index (Phi) is 76.3. The van der Waals surface area contributed by atoms with Gasteiger partial charge in [-0.25, -0.2) is 0 Å². The fourth-order valence-electron chi connectivity index (χ4n) is 12.7. The van der Waals surface area contributed by atoms with E-state index in [-0.39, 0.29) is 18.5 Å². The first-order valence-corrected chi connectivity index (χ1v) is 40.4. The minimum Gasteiger partial charge on any atom is -0.466 e. The van der Waals surface area contributed by atoms with E-state index in [0.717, 1.165) is 51.4 Å². The molecule has 2 atom stereocenters. The van der Waals surface area contributed by atoms with E-state index in [1.54, 1.807) is 6.08 Å². The Labute approximate surface area is 556 Å². The van der Waals surface area contributed by atoms with Gasteiger partial charge in [0.25, 0.3) is 0 Å². The van der Waals surface area contributed by atoms with Crippen LogP contribution in [0.3, 0.4) is 0 Å². The van der Waals surface area contributed by atoms with Gasteiger partial charge >= 0.3 is 5.97 Å². The Morgan fingerprint density at radius 2 is 0.562 bits per heavy atom. The number of carbonyl (C=O) groups is 2. The van der Waals surface area contributed by atoms with Crippen LogP contribution in [0.25, 0.3) is 0 Å². The Morgan fingerprint density at radius 1 is 0.315 bits per heavy atom. The fourth-order valence-corrected chi connectivity index (χ4v) is 12.7. The van der Waals surface area contributed by atoms with Gasteiger partial charge in [-0.2, -0.15) is 0 Å². The third kappa shape index (κ3) is 74.7. The van der Waals surface area contributed by atoms with Gasteiger partial charge in [0.1, 0.15) is 0 Å². The summed E-state index contributed by atoms with van der Waals surface area (Å²) < 4.78 is 5.50. The number of aliphatic hydroxyl groups excluding tert-OH is 2. The lowest BCUT2D eigenvalue weighted by Gasteiger charge is -2.20. The molecule has 0 aliphatic heterocycles. The van der Waals surface area contributed by atoms with Gasteiger partial charge in [-0.3, -0.25) is 9.59 Å². The molecular formula is C83H157NO5. The van der Waals surface area contributed by atoms with Crippen LogP contribution in [0.4, 0.5) is 0 Å². The third-order valence-corrected chi connectivity index (χ3v) is 18.8. The summed E-state index contributed by atoms with van der Waals surface area (Å²) in [5.41, 5.74) is 0. The Morgan fingerprint density at radius 3 is 0.865 bits per heavy atom. The molecule has 2 unspecified atom stereocenters. The molecule has 6 heteroatoms. The topological polar surface area (TPSA) is 95.9 Å². The van der Waals surface area contributed by atoms with E-state index < -0.39 is 12.1 Å². The Bertz CT molecular complexity index is 1490. The highest BCUT2D eigenvalue weighted by molar-refractivity contribution is 5.76. The van der Waals surface area contributed by atoms with Crippen LogP contribution in [-0.2, 0) is 14.3 Å². The van der Waals surface area contributed by atoms with Gasteiger partial charge in [-0.1, -0.05) is 390 Å². The monoisotopic (exact) mass is 1250 g/mol. The van der Waals surface area contributed by atoms with Crippen molar-refractivity contribution in [1.82, 2.24) is 5.32 Å². The van der Waals surface area contributed by atoms with Crippen LogP contribution < -0.4 is 5.32 Å². The van der Waals surface area contributed by atoms with Crippen LogP contribution in [0, 0.1) is 0 Å². The third-order valence-electron chi connectivity index (χ3n) is 18.8. The molecule has 89 heavy (non-hydrogen) atoms. The molecule has 0 heterocycles. The van der Waals surface area contributed by atoms with Crippen LogP contribution in [0.15, 0.2) is 48.6 Å². The Balaban J connectivity index is 3.42. The molecule has 3 N–H and O–H groups in total. The number of hydrogen-bond donors (Lipinski definition) is 3. The van der Waals surface area contributed by atoms with Crippen LogP contribution in [-0.4, -0.2) is 47.4 Å². The maximum atomic E-state index is 12.6.